The van der Waals surface area contributed by atoms with Gasteiger partial charge in [-0.05, 0) is 43.2 Å². The van der Waals surface area contributed by atoms with Crippen LogP contribution in [0.1, 0.15) is 30.1 Å². The van der Waals surface area contributed by atoms with Gasteiger partial charge in [0.25, 0.3) is 0 Å². The summed E-state index contributed by atoms with van der Waals surface area (Å²) >= 11 is 0. The SMILES string of the molecule is FC(F)(F)c1ccnc(Nc2nc(-c3cccc(C(F)(F)F)n3)nc3c2ccn3C2CC2)c1. The topological polar surface area (TPSA) is 68.5 Å². The van der Waals surface area contributed by atoms with E-state index >= 15 is 0 Å². The van der Waals surface area contributed by atoms with Crippen LogP contribution in [0.15, 0.2) is 48.8 Å². The van der Waals surface area contributed by atoms with Crippen LogP contribution in [0.2, 0.25) is 0 Å². The molecule has 1 saturated carbocycles. The maximum Gasteiger partial charge on any atom is 0.433 e. The summed E-state index contributed by atoms with van der Waals surface area (Å²) in [5.74, 6) is -0.101. The van der Waals surface area contributed by atoms with Gasteiger partial charge in [-0.15, -0.1) is 0 Å². The van der Waals surface area contributed by atoms with Crippen LogP contribution in [-0.2, 0) is 12.4 Å². The number of nitrogens with zero attached hydrogens (tertiary/aromatic N) is 5. The molecule has 0 bridgehead atoms. The van der Waals surface area contributed by atoms with Gasteiger partial charge in [0.1, 0.15) is 28.7 Å². The molecule has 5 rings (SSSR count). The van der Waals surface area contributed by atoms with Crippen molar-refractivity contribution in [3.63, 3.8) is 0 Å². The van der Waals surface area contributed by atoms with Crippen LogP contribution in [0, 0.1) is 0 Å². The second kappa shape index (κ2) is 7.42. The van der Waals surface area contributed by atoms with Gasteiger partial charge in [0.2, 0.25) is 0 Å². The molecular weight excluding hydrogens is 450 g/mol. The Balaban J connectivity index is 1.63. The highest BCUT2D eigenvalue weighted by atomic mass is 19.4. The smallest absolute Gasteiger partial charge is 0.329 e. The third-order valence-corrected chi connectivity index (χ3v) is 5.11. The zero-order chi connectivity index (χ0) is 23.4. The summed E-state index contributed by atoms with van der Waals surface area (Å²) in [4.78, 5) is 16.3. The minimum Gasteiger partial charge on any atom is -0.329 e. The Morgan fingerprint density at radius 2 is 1.70 bits per heavy atom. The van der Waals surface area contributed by atoms with E-state index < -0.39 is 23.6 Å². The molecule has 6 nitrogen and oxygen atoms in total. The number of nitrogens with one attached hydrogen (secondary N) is 1. The van der Waals surface area contributed by atoms with E-state index in [1.807, 2.05) is 4.57 Å². The van der Waals surface area contributed by atoms with Crippen molar-refractivity contribution >= 4 is 22.7 Å². The molecule has 170 valence electrons. The molecular formula is C21H14F6N6. The summed E-state index contributed by atoms with van der Waals surface area (Å²) in [5, 5.41) is 3.26. The number of hydrogen-bond acceptors (Lipinski definition) is 5. The summed E-state index contributed by atoms with van der Waals surface area (Å²) in [6.45, 7) is 0. The molecule has 0 spiro atoms. The van der Waals surface area contributed by atoms with Crippen molar-refractivity contribution < 1.29 is 26.3 Å². The monoisotopic (exact) mass is 464 g/mol. The molecule has 4 heterocycles. The third-order valence-electron chi connectivity index (χ3n) is 5.11. The normalized spacial score (nSPS) is 14.6. The molecule has 0 atom stereocenters. The van der Waals surface area contributed by atoms with Gasteiger partial charge in [-0.25, -0.2) is 19.9 Å². The molecule has 0 saturated heterocycles. The first-order chi connectivity index (χ1) is 15.6. The second-order valence-corrected chi connectivity index (χ2v) is 7.55. The lowest BCUT2D eigenvalue weighted by Crippen LogP contribution is -2.09. The first-order valence-electron chi connectivity index (χ1n) is 9.83. The summed E-state index contributed by atoms with van der Waals surface area (Å²) in [5.41, 5.74) is -1.68. The van der Waals surface area contributed by atoms with E-state index in [1.165, 1.54) is 12.1 Å². The predicted octanol–water partition coefficient (Wildman–Crippen LogP) is 6.00. The van der Waals surface area contributed by atoms with Gasteiger partial charge in [0.15, 0.2) is 5.82 Å². The standard InChI is InChI=1S/C21H14F6N6/c22-20(23,24)11-6-8-28-16(10-11)30-17-13-7-9-33(12-4-5-12)19(13)32-18(31-17)14-2-1-3-15(29-14)21(25,26)27/h1-3,6-10,12H,4-5H2,(H,28,30,31,32). The maximum absolute atomic E-state index is 13.1. The molecule has 4 aromatic rings. The van der Waals surface area contributed by atoms with Gasteiger partial charge in [0, 0.05) is 18.4 Å². The Hall–Kier alpha value is -3.70. The summed E-state index contributed by atoms with van der Waals surface area (Å²) in [6, 6.07) is 6.93. The molecule has 1 fully saturated rings. The molecule has 1 aliphatic carbocycles. The van der Waals surface area contributed by atoms with Crippen molar-refractivity contribution in [2.75, 3.05) is 5.32 Å². The molecule has 1 N–H and O–H groups in total. The van der Waals surface area contributed by atoms with Crippen molar-refractivity contribution in [2.45, 2.75) is 31.2 Å². The Labute approximate surface area is 182 Å². The largest absolute Gasteiger partial charge is 0.433 e. The number of hydrogen-bond donors (Lipinski definition) is 1. The van der Waals surface area contributed by atoms with Crippen LogP contribution in [-0.4, -0.2) is 24.5 Å². The van der Waals surface area contributed by atoms with E-state index in [0.717, 1.165) is 37.2 Å². The molecule has 0 aromatic carbocycles. The number of halogens is 6. The minimum atomic E-state index is -4.66. The first-order valence-corrected chi connectivity index (χ1v) is 9.83. The Morgan fingerprint density at radius 3 is 2.39 bits per heavy atom. The van der Waals surface area contributed by atoms with E-state index in [9.17, 15) is 26.3 Å². The van der Waals surface area contributed by atoms with E-state index in [-0.39, 0.29) is 29.2 Å². The summed E-state index contributed by atoms with van der Waals surface area (Å²) in [7, 11) is 0. The fraction of sp³-hybridized carbons (Fsp3) is 0.238. The van der Waals surface area contributed by atoms with Crippen molar-refractivity contribution in [1.29, 1.82) is 0 Å². The molecule has 0 radical (unpaired) electrons. The lowest BCUT2D eigenvalue weighted by atomic mass is 10.2. The lowest BCUT2D eigenvalue weighted by Gasteiger charge is -2.12. The number of pyridine rings is 2. The lowest BCUT2D eigenvalue weighted by molar-refractivity contribution is -0.141. The van der Waals surface area contributed by atoms with Gasteiger partial charge in [-0.1, -0.05) is 6.07 Å². The number of rotatable bonds is 4. The Kier molecular flexibility index (Phi) is 4.76. The van der Waals surface area contributed by atoms with Crippen LogP contribution >= 0.6 is 0 Å². The van der Waals surface area contributed by atoms with Crippen LogP contribution < -0.4 is 5.32 Å². The average molecular weight is 464 g/mol. The molecule has 0 unspecified atom stereocenters. The van der Waals surface area contributed by atoms with Gasteiger partial charge in [0.05, 0.1) is 10.9 Å². The molecule has 1 aliphatic rings. The van der Waals surface area contributed by atoms with Gasteiger partial charge in [-0.2, -0.15) is 26.3 Å². The van der Waals surface area contributed by atoms with E-state index in [2.05, 4.69) is 25.3 Å². The first kappa shape index (κ1) is 21.2. The van der Waals surface area contributed by atoms with Gasteiger partial charge < -0.3 is 9.88 Å². The predicted molar refractivity (Wildman–Crippen MR) is 107 cm³/mol. The molecule has 12 heteroatoms. The number of fused-ring (bicyclic) bond motifs is 1. The van der Waals surface area contributed by atoms with Gasteiger partial charge in [-0.3, -0.25) is 0 Å². The Morgan fingerprint density at radius 1 is 0.909 bits per heavy atom. The van der Waals surface area contributed by atoms with E-state index in [4.69, 9.17) is 0 Å². The minimum absolute atomic E-state index is 0.0938. The highest BCUT2D eigenvalue weighted by Crippen LogP contribution is 2.39. The number of anilines is 2. The fourth-order valence-electron chi connectivity index (χ4n) is 3.40. The zero-order valence-corrected chi connectivity index (χ0v) is 16.6. The molecule has 0 amide bonds. The molecule has 33 heavy (non-hydrogen) atoms. The average Bonchev–Trinajstić information content (AvgIpc) is 3.51. The van der Waals surface area contributed by atoms with Crippen molar-refractivity contribution in [3.05, 3.63) is 60.0 Å². The van der Waals surface area contributed by atoms with Crippen molar-refractivity contribution in [1.82, 2.24) is 24.5 Å². The number of alkyl halides is 6. The fourth-order valence-corrected chi connectivity index (χ4v) is 3.40. The summed E-state index contributed by atoms with van der Waals surface area (Å²) < 4.78 is 80.6. The van der Waals surface area contributed by atoms with Crippen LogP contribution in [0.3, 0.4) is 0 Å². The molecule has 4 aromatic heterocycles. The van der Waals surface area contributed by atoms with Crippen LogP contribution in [0.25, 0.3) is 22.6 Å². The second-order valence-electron chi connectivity index (χ2n) is 7.55. The van der Waals surface area contributed by atoms with Crippen molar-refractivity contribution in [2.24, 2.45) is 0 Å². The quantitative estimate of drug-likeness (QED) is 0.375. The van der Waals surface area contributed by atoms with Crippen molar-refractivity contribution in [3.8, 4) is 11.5 Å². The zero-order valence-electron chi connectivity index (χ0n) is 16.6. The van der Waals surface area contributed by atoms with Crippen LogP contribution in [0.4, 0.5) is 38.0 Å². The summed E-state index contributed by atoms with van der Waals surface area (Å²) in [6.07, 6.45) is -4.61. The van der Waals surface area contributed by atoms with Gasteiger partial charge >= 0.3 is 12.4 Å². The molecule has 0 aliphatic heterocycles. The van der Waals surface area contributed by atoms with E-state index in [0.29, 0.717) is 11.0 Å². The Bertz CT molecular complexity index is 1340. The maximum atomic E-state index is 13.1. The van der Waals surface area contributed by atoms with Crippen LogP contribution in [0.5, 0.6) is 0 Å². The highest BCUT2D eigenvalue weighted by molar-refractivity contribution is 5.90. The highest BCUT2D eigenvalue weighted by Gasteiger charge is 2.33. The third kappa shape index (κ3) is 4.20. The van der Waals surface area contributed by atoms with E-state index in [1.54, 1.807) is 12.3 Å². The number of aromatic nitrogens is 5.